The molecule has 0 amide bonds. The van der Waals surface area contributed by atoms with Crippen LogP contribution in [0, 0.1) is 0 Å². The van der Waals surface area contributed by atoms with E-state index in [1.165, 1.54) is 7.11 Å². The van der Waals surface area contributed by atoms with E-state index in [9.17, 15) is 4.79 Å². The van der Waals surface area contributed by atoms with E-state index in [1.54, 1.807) is 24.3 Å². The number of carbonyl (C=O) groups is 1. The van der Waals surface area contributed by atoms with Crippen LogP contribution >= 0.6 is 46.4 Å². The number of ether oxygens (including phenoxy) is 1. The SMILES string of the molecule is COC(=O)c1ccc(Cl)c2nc3n(c12)CCCN3c1c(Cl)cc(Cl)cc1Cl. The maximum Gasteiger partial charge on any atom is 0.340 e. The minimum atomic E-state index is -0.445. The first-order chi connectivity index (χ1) is 12.9. The van der Waals surface area contributed by atoms with Gasteiger partial charge >= 0.3 is 5.97 Å². The Balaban J connectivity index is 1.98. The normalized spacial score (nSPS) is 13.7. The average Bonchev–Trinajstić information content (AvgIpc) is 3.02. The van der Waals surface area contributed by atoms with Gasteiger partial charge in [0.05, 0.1) is 38.9 Å². The molecule has 1 aromatic heterocycles. The second-order valence-corrected chi connectivity index (χ2v) is 7.73. The summed E-state index contributed by atoms with van der Waals surface area (Å²) in [6.07, 6.45) is 0.806. The minimum Gasteiger partial charge on any atom is -0.465 e. The number of nitrogens with zero attached hydrogens (tertiary/aromatic N) is 3. The second-order valence-electron chi connectivity index (χ2n) is 6.07. The summed E-state index contributed by atoms with van der Waals surface area (Å²) in [6.45, 7) is 1.34. The standard InChI is InChI=1S/C18H13Cl4N3O2/c1-27-17(26)10-3-4-11(20)14-15(10)24-5-2-6-25(18(24)23-14)16-12(21)7-9(19)8-13(16)22/h3-4,7-8H,2,5-6H2,1H3. The van der Waals surface area contributed by atoms with Crippen LogP contribution in [0.3, 0.4) is 0 Å². The Morgan fingerprint density at radius 1 is 1.07 bits per heavy atom. The van der Waals surface area contributed by atoms with Gasteiger partial charge in [-0.15, -0.1) is 0 Å². The summed E-state index contributed by atoms with van der Waals surface area (Å²) in [5, 5.41) is 1.75. The van der Waals surface area contributed by atoms with Gasteiger partial charge in [0.1, 0.15) is 5.52 Å². The first kappa shape index (κ1) is 18.7. The van der Waals surface area contributed by atoms with E-state index in [-0.39, 0.29) is 0 Å². The molecule has 0 spiro atoms. The molecule has 0 saturated carbocycles. The third kappa shape index (κ3) is 3.03. The van der Waals surface area contributed by atoms with Crippen molar-refractivity contribution in [3.8, 4) is 0 Å². The summed E-state index contributed by atoms with van der Waals surface area (Å²) < 4.78 is 6.86. The minimum absolute atomic E-state index is 0.408. The Labute approximate surface area is 175 Å². The third-order valence-electron chi connectivity index (χ3n) is 4.49. The lowest BCUT2D eigenvalue weighted by molar-refractivity contribution is 0.0602. The molecule has 1 aliphatic heterocycles. The lowest BCUT2D eigenvalue weighted by atomic mass is 10.1. The molecular weight excluding hydrogens is 432 g/mol. The molecule has 0 bridgehead atoms. The number of anilines is 2. The van der Waals surface area contributed by atoms with Crippen molar-refractivity contribution in [2.24, 2.45) is 0 Å². The number of aromatic nitrogens is 2. The van der Waals surface area contributed by atoms with Crippen LogP contribution in [0.15, 0.2) is 24.3 Å². The molecule has 1 aliphatic rings. The van der Waals surface area contributed by atoms with Gasteiger partial charge in [0.15, 0.2) is 0 Å². The van der Waals surface area contributed by atoms with Crippen molar-refractivity contribution in [2.75, 3.05) is 18.6 Å². The highest BCUT2D eigenvalue weighted by atomic mass is 35.5. The van der Waals surface area contributed by atoms with E-state index in [4.69, 9.17) is 56.1 Å². The topological polar surface area (TPSA) is 47.4 Å². The first-order valence-corrected chi connectivity index (χ1v) is 9.62. The molecule has 4 rings (SSSR count). The van der Waals surface area contributed by atoms with Gasteiger partial charge in [-0.05, 0) is 30.7 Å². The number of esters is 1. The largest absolute Gasteiger partial charge is 0.465 e. The number of aryl methyl sites for hydroxylation is 1. The van der Waals surface area contributed by atoms with Crippen LogP contribution in [-0.2, 0) is 11.3 Å². The molecule has 2 aromatic carbocycles. The molecule has 0 radical (unpaired) electrons. The number of rotatable bonds is 2. The highest BCUT2D eigenvalue weighted by molar-refractivity contribution is 6.42. The maximum atomic E-state index is 12.2. The van der Waals surface area contributed by atoms with Crippen molar-refractivity contribution >= 4 is 75.0 Å². The van der Waals surface area contributed by atoms with Crippen molar-refractivity contribution in [3.05, 3.63) is 49.9 Å². The molecule has 140 valence electrons. The predicted octanol–water partition coefficient (Wildman–Crippen LogP) is 5.98. The molecule has 0 atom stereocenters. The van der Waals surface area contributed by atoms with Gasteiger partial charge in [0.2, 0.25) is 5.95 Å². The van der Waals surface area contributed by atoms with Crippen LogP contribution in [0.5, 0.6) is 0 Å². The van der Waals surface area contributed by atoms with E-state index in [2.05, 4.69) is 0 Å². The van der Waals surface area contributed by atoms with Crippen LogP contribution < -0.4 is 4.90 Å². The van der Waals surface area contributed by atoms with Crippen LogP contribution in [0.2, 0.25) is 20.1 Å². The Morgan fingerprint density at radius 3 is 2.44 bits per heavy atom. The molecule has 5 nitrogen and oxygen atoms in total. The van der Waals surface area contributed by atoms with Crippen LogP contribution in [0.1, 0.15) is 16.8 Å². The monoisotopic (exact) mass is 443 g/mol. The van der Waals surface area contributed by atoms with Gasteiger partial charge < -0.3 is 14.2 Å². The smallest absolute Gasteiger partial charge is 0.340 e. The summed E-state index contributed by atoms with van der Waals surface area (Å²) in [5.74, 6) is 0.166. The number of halogens is 4. The van der Waals surface area contributed by atoms with Crippen molar-refractivity contribution in [3.63, 3.8) is 0 Å². The number of benzene rings is 2. The van der Waals surface area contributed by atoms with Crippen molar-refractivity contribution < 1.29 is 9.53 Å². The van der Waals surface area contributed by atoms with E-state index >= 15 is 0 Å². The van der Waals surface area contributed by atoms with Crippen molar-refractivity contribution in [1.29, 1.82) is 0 Å². The van der Waals surface area contributed by atoms with Crippen LogP contribution in [0.25, 0.3) is 11.0 Å². The molecule has 27 heavy (non-hydrogen) atoms. The van der Waals surface area contributed by atoms with Crippen molar-refractivity contribution in [2.45, 2.75) is 13.0 Å². The van der Waals surface area contributed by atoms with Gasteiger partial charge in [-0.2, -0.15) is 0 Å². The molecular formula is C18H13Cl4N3O2. The average molecular weight is 445 g/mol. The Bertz CT molecular complexity index is 1060. The highest BCUT2D eigenvalue weighted by Gasteiger charge is 2.29. The molecule has 0 fully saturated rings. The maximum absolute atomic E-state index is 12.2. The third-order valence-corrected chi connectivity index (χ3v) is 5.59. The number of fused-ring (bicyclic) bond motifs is 3. The lowest BCUT2D eigenvalue weighted by Gasteiger charge is -2.30. The van der Waals surface area contributed by atoms with E-state index in [1.807, 2.05) is 9.47 Å². The summed E-state index contributed by atoms with van der Waals surface area (Å²) in [4.78, 5) is 18.9. The van der Waals surface area contributed by atoms with E-state index in [0.717, 1.165) is 6.42 Å². The second kappa shape index (κ2) is 7.06. The van der Waals surface area contributed by atoms with Gasteiger partial charge in [0, 0.05) is 18.1 Å². The van der Waals surface area contributed by atoms with Crippen LogP contribution in [0.4, 0.5) is 11.6 Å². The lowest BCUT2D eigenvalue weighted by Crippen LogP contribution is -2.29. The molecule has 0 unspecified atom stereocenters. The summed E-state index contributed by atoms with van der Waals surface area (Å²) in [7, 11) is 1.34. The molecule has 0 aliphatic carbocycles. The molecule has 0 saturated heterocycles. The van der Waals surface area contributed by atoms with Gasteiger partial charge in [-0.1, -0.05) is 46.4 Å². The number of hydrogen-bond acceptors (Lipinski definition) is 4. The zero-order valence-electron chi connectivity index (χ0n) is 14.1. The zero-order valence-corrected chi connectivity index (χ0v) is 17.1. The number of hydrogen-bond donors (Lipinski definition) is 0. The fourth-order valence-corrected chi connectivity index (χ4v) is 4.59. The predicted molar refractivity (Wildman–Crippen MR) is 109 cm³/mol. The quantitative estimate of drug-likeness (QED) is 0.456. The zero-order chi connectivity index (χ0) is 19.3. The van der Waals surface area contributed by atoms with Crippen LogP contribution in [-0.4, -0.2) is 29.2 Å². The Morgan fingerprint density at radius 2 is 1.78 bits per heavy atom. The summed E-state index contributed by atoms with van der Waals surface area (Å²) >= 11 is 25.2. The fourth-order valence-electron chi connectivity index (χ4n) is 3.38. The van der Waals surface area contributed by atoms with Gasteiger partial charge in [-0.3, -0.25) is 0 Å². The first-order valence-electron chi connectivity index (χ1n) is 8.11. The molecule has 3 aromatic rings. The molecule has 9 heteroatoms. The Kier molecular flexibility index (Phi) is 4.89. The number of imidazole rings is 1. The fraction of sp³-hybridized carbons (Fsp3) is 0.222. The van der Waals surface area contributed by atoms with E-state index < -0.39 is 5.97 Å². The highest BCUT2D eigenvalue weighted by Crippen LogP contribution is 2.43. The van der Waals surface area contributed by atoms with Gasteiger partial charge in [-0.25, -0.2) is 9.78 Å². The number of methoxy groups -OCH3 is 1. The number of carbonyl (C=O) groups excluding carboxylic acids is 1. The summed E-state index contributed by atoms with van der Waals surface area (Å²) in [5.41, 5.74) is 2.19. The summed E-state index contributed by atoms with van der Waals surface area (Å²) in [6, 6.07) is 6.56. The molecule has 2 heterocycles. The molecule has 0 N–H and O–H groups in total. The van der Waals surface area contributed by atoms with E-state index in [0.29, 0.717) is 61.4 Å². The Hall–Kier alpha value is -1.66. The van der Waals surface area contributed by atoms with Crippen molar-refractivity contribution in [1.82, 2.24) is 9.55 Å². The van der Waals surface area contributed by atoms with Gasteiger partial charge in [0.25, 0.3) is 0 Å².